The maximum absolute atomic E-state index is 13.0. The molecule has 4 aromatic heterocycles. The first-order chi connectivity index (χ1) is 15.6. The molecule has 0 spiro atoms. The van der Waals surface area contributed by atoms with Gasteiger partial charge in [-0.2, -0.15) is 5.10 Å². The number of nitrogens with one attached hydrogen (secondary N) is 1. The van der Waals surface area contributed by atoms with Gasteiger partial charge in [-0.05, 0) is 43.4 Å². The Morgan fingerprint density at radius 1 is 1.31 bits per heavy atom. The molecule has 1 aliphatic carbocycles. The molecule has 1 saturated heterocycles. The van der Waals surface area contributed by atoms with Crippen molar-refractivity contribution >= 4 is 56.1 Å². The standard InChI is InChI=1S/C22H21ClN6O2S/c23-16-10-29-13(3-5-26-29)8-17(16)27-20-19-15-2-1-12(22(31)28-6-4-14(30)9-28)7-18(15)32-21(19)25-11-24-20/h3,5,8,10-12,14,30H,1-2,4,6-7,9H2,(H,24,25,27)/t12-,14+/m0/s1. The second kappa shape index (κ2) is 7.68. The van der Waals surface area contributed by atoms with Gasteiger partial charge in [0.15, 0.2) is 0 Å². The van der Waals surface area contributed by atoms with Crippen molar-refractivity contribution in [2.75, 3.05) is 18.4 Å². The molecule has 0 aromatic carbocycles. The van der Waals surface area contributed by atoms with Gasteiger partial charge in [0.05, 0.1) is 27.7 Å². The number of carbonyl (C=O) groups excluding carboxylic acids is 1. The van der Waals surface area contributed by atoms with Crippen LogP contribution in [0.1, 0.15) is 23.3 Å². The van der Waals surface area contributed by atoms with Crippen LogP contribution in [0.4, 0.5) is 11.5 Å². The normalized spacial score (nSPS) is 20.8. The van der Waals surface area contributed by atoms with Crippen LogP contribution in [-0.4, -0.2) is 54.7 Å². The highest BCUT2D eigenvalue weighted by Gasteiger charge is 2.34. The van der Waals surface area contributed by atoms with Gasteiger partial charge in [-0.3, -0.25) is 4.79 Å². The third kappa shape index (κ3) is 3.32. The largest absolute Gasteiger partial charge is 0.391 e. The predicted octanol–water partition coefficient (Wildman–Crippen LogP) is 3.43. The van der Waals surface area contributed by atoms with Crippen molar-refractivity contribution in [3.05, 3.63) is 46.3 Å². The lowest BCUT2D eigenvalue weighted by atomic mass is 9.87. The predicted molar refractivity (Wildman–Crippen MR) is 124 cm³/mol. The molecule has 6 rings (SSSR count). The van der Waals surface area contributed by atoms with E-state index in [4.69, 9.17) is 11.6 Å². The van der Waals surface area contributed by atoms with E-state index in [2.05, 4.69) is 20.4 Å². The van der Waals surface area contributed by atoms with Crippen LogP contribution in [0.5, 0.6) is 0 Å². The summed E-state index contributed by atoms with van der Waals surface area (Å²) in [6, 6.07) is 3.86. The zero-order valence-electron chi connectivity index (χ0n) is 17.2. The number of amides is 1. The van der Waals surface area contributed by atoms with Crippen molar-refractivity contribution in [3.63, 3.8) is 0 Å². The Labute approximate surface area is 192 Å². The van der Waals surface area contributed by atoms with Crippen molar-refractivity contribution in [3.8, 4) is 0 Å². The van der Waals surface area contributed by atoms with Crippen molar-refractivity contribution in [2.45, 2.75) is 31.8 Å². The Morgan fingerprint density at radius 2 is 2.22 bits per heavy atom. The highest BCUT2D eigenvalue weighted by Crippen LogP contribution is 2.41. The van der Waals surface area contributed by atoms with Crippen LogP contribution < -0.4 is 5.32 Å². The lowest BCUT2D eigenvalue weighted by molar-refractivity contribution is -0.135. The van der Waals surface area contributed by atoms with Crippen molar-refractivity contribution in [1.82, 2.24) is 24.5 Å². The molecule has 164 valence electrons. The number of aliphatic hydroxyl groups excluding tert-OH is 1. The molecule has 0 unspecified atom stereocenters. The van der Waals surface area contributed by atoms with E-state index < -0.39 is 0 Å². The monoisotopic (exact) mass is 468 g/mol. The number of nitrogens with zero attached hydrogens (tertiary/aromatic N) is 5. The van der Waals surface area contributed by atoms with Crippen molar-refractivity contribution < 1.29 is 9.90 Å². The smallest absolute Gasteiger partial charge is 0.226 e. The maximum Gasteiger partial charge on any atom is 0.226 e. The van der Waals surface area contributed by atoms with Gasteiger partial charge >= 0.3 is 0 Å². The summed E-state index contributed by atoms with van der Waals surface area (Å²) in [5.74, 6) is 0.852. The lowest BCUT2D eigenvalue weighted by Gasteiger charge is -2.26. The molecule has 1 amide bonds. The van der Waals surface area contributed by atoms with Crippen LogP contribution >= 0.6 is 22.9 Å². The summed E-state index contributed by atoms with van der Waals surface area (Å²) in [4.78, 5) is 25.9. The van der Waals surface area contributed by atoms with Crippen molar-refractivity contribution in [1.29, 1.82) is 0 Å². The fourth-order valence-electron chi connectivity index (χ4n) is 4.78. The molecule has 8 nitrogen and oxygen atoms in total. The van der Waals surface area contributed by atoms with E-state index >= 15 is 0 Å². The van der Waals surface area contributed by atoms with Gasteiger partial charge in [-0.25, -0.2) is 14.5 Å². The molecule has 2 N–H and O–H groups in total. The first-order valence-corrected chi connectivity index (χ1v) is 11.9. The number of aliphatic hydroxyl groups is 1. The van der Waals surface area contributed by atoms with E-state index in [0.717, 1.165) is 40.1 Å². The molecular weight excluding hydrogens is 448 g/mol. The summed E-state index contributed by atoms with van der Waals surface area (Å²) in [5.41, 5.74) is 2.92. The number of anilines is 2. The summed E-state index contributed by atoms with van der Waals surface area (Å²) in [5, 5.41) is 19.0. The molecule has 2 atom stereocenters. The Hall–Kier alpha value is -2.75. The molecular formula is C22H21ClN6O2S. The van der Waals surface area contributed by atoms with E-state index in [1.165, 1.54) is 10.4 Å². The van der Waals surface area contributed by atoms with E-state index in [1.807, 2.05) is 17.0 Å². The number of rotatable bonds is 3. The number of carbonyl (C=O) groups is 1. The number of pyridine rings is 1. The third-order valence-corrected chi connectivity index (χ3v) is 7.87. The Kier molecular flexibility index (Phi) is 4.78. The average Bonchev–Trinajstić information content (AvgIpc) is 3.51. The molecule has 10 heteroatoms. The lowest BCUT2D eigenvalue weighted by Crippen LogP contribution is -2.37. The van der Waals surface area contributed by atoms with Crippen molar-refractivity contribution in [2.24, 2.45) is 5.92 Å². The topological polar surface area (TPSA) is 95.7 Å². The van der Waals surface area contributed by atoms with Crippen LogP contribution in [0.2, 0.25) is 5.02 Å². The second-order valence-electron chi connectivity index (χ2n) is 8.43. The molecule has 0 saturated carbocycles. The van der Waals surface area contributed by atoms with Crippen LogP contribution in [0.3, 0.4) is 0 Å². The number of halogens is 1. The number of thiophene rings is 1. The van der Waals surface area contributed by atoms with Gasteiger partial charge in [-0.1, -0.05) is 11.6 Å². The summed E-state index contributed by atoms with van der Waals surface area (Å²) in [6.45, 7) is 1.11. The zero-order valence-corrected chi connectivity index (χ0v) is 18.7. The van der Waals surface area contributed by atoms with Gasteiger partial charge in [0.1, 0.15) is 17.0 Å². The summed E-state index contributed by atoms with van der Waals surface area (Å²) >= 11 is 8.12. The highest BCUT2D eigenvalue weighted by molar-refractivity contribution is 7.19. The molecule has 1 aliphatic heterocycles. The SMILES string of the molecule is O=C([C@H]1CCc2c(sc3ncnc(Nc4cc5ccnn5cc4Cl)c23)C1)N1CC[C@@H](O)C1. The number of β-amino-alcohol motifs (C(OH)–C–C–N with tert-alkyl or cyclic N) is 1. The minimum atomic E-state index is -0.389. The number of likely N-dealkylation sites (tertiary alicyclic amines) is 1. The molecule has 2 aliphatic rings. The molecule has 0 bridgehead atoms. The van der Waals surface area contributed by atoms with Gasteiger partial charge in [0.25, 0.3) is 0 Å². The molecule has 32 heavy (non-hydrogen) atoms. The fourth-order valence-corrected chi connectivity index (χ4v) is 6.24. The number of hydrogen-bond acceptors (Lipinski definition) is 7. The minimum absolute atomic E-state index is 0.0380. The molecule has 5 heterocycles. The maximum atomic E-state index is 13.0. The van der Waals surface area contributed by atoms with Gasteiger partial charge in [-0.15, -0.1) is 11.3 Å². The van der Waals surface area contributed by atoms with Gasteiger partial charge in [0.2, 0.25) is 5.91 Å². The summed E-state index contributed by atoms with van der Waals surface area (Å²) < 4.78 is 1.73. The third-order valence-electron chi connectivity index (χ3n) is 6.41. The van der Waals surface area contributed by atoms with Crippen LogP contribution in [-0.2, 0) is 17.6 Å². The minimum Gasteiger partial charge on any atom is -0.391 e. The Balaban J connectivity index is 1.32. The second-order valence-corrected chi connectivity index (χ2v) is 9.92. The fraction of sp³-hybridized carbons (Fsp3) is 0.364. The molecule has 4 aromatic rings. The molecule has 1 fully saturated rings. The van der Waals surface area contributed by atoms with Gasteiger partial charge in [0, 0.05) is 36.3 Å². The van der Waals surface area contributed by atoms with Crippen LogP contribution in [0.25, 0.3) is 15.7 Å². The first-order valence-electron chi connectivity index (χ1n) is 10.7. The zero-order chi connectivity index (χ0) is 21.8. The Morgan fingerprint density at radius 3 is 3.06 bits per heavy atom. The number of fused-ring (bicyclic) bond motifs is 4. The van der Waals surface area contributed by atoms with Crippen LogP contribution in [0, 0.1) is 5.92 Å². The van der Waals surface area contributed by atoms with Gasteiger partial charge < -0.3 is 15.3 Å². The average molecular weight is 469 g/mol. The summed E-state index contributed by atoms with van der Waals surface area (Å²) in [6.07, 6.45) is 7.65. The van der Waals surface area contributed by atoms with E-state index in [-0.39, 0.29) is 17.9 Å². The summed E-state index contributed by atoms with van der Waals surface area (Å²) in [7, 11) is 0. The van der Waals surface area contributed by atoms with E-state index in [9.17, 15) is 9.90 Å². The van der Waals surface area contributed by atoms with Crippen LogP contribution in [0.15, 0.2) is 30.9 Å². The quantitative estimate of drug-likeness (QED) is 0.478. The van der Waals surface area contributed by atoms with E-state index in [1.54, 1.807) is 34.6 Å². The molecule has 0 radical (unpaired) electrons. The number of aryl methyl sites for hydroxylation is 1. The van der Waals surface area contributed by atoms with E-state index in [0.29, 0.717) is 31.0 Å². The first kappa shape index (κ1) is 19.9. The number of aromatic nitrogens is 4. The Bertz CT molecular complexity index is 1350. The highest BCUT2D eigenvalue weighted by atomic mass is 35.5. The number of hydrogen-bond donors (Lipinski definition) is 2.